The second-order valence-corrected chi connectivity index (χ2v) is 17.6. The van der Waals surface area contributed by atoms with Crippen LogP contribution in [0.3, 0.4) is 0 Å². The van der Waals surface area contributed by atoms with Crippen LogP contribution in [0.4, 0.5) is 0 Å². The van der Waals surface area contributed by atoms with Gasteiger partial charge in [-0.25, -0.2) is 0 Å². The van der Waals surface area contributed by atoms with Crippen molar-refractivity contribution in [2.75, 3.05) is 6.54 Å². The van der Waals surface area contributed by atoms with Crippen LogP contribution in [0.5, 0.6) is 0 Å². The van der Waals surface area contributed by atoms with Gasteiger partial charge in [-0.3, -0.25) is 4.79 Å². The minimum absolute atomic E-state index is 0.00127. The van der Waals surface area contributed by atoms with Gasteiger partial charge in [0.25, 0.3) is 0 Å². The molecule has 10 heterocycles. The van der Waals surface area contributed by atoms with Crippen LogP contribution >= 0.6 is 0 Å². The van der Waals surface area contributed by atoms with E-state index in [0.29, 0.717) is 44.4 Å². The number of carbonyl (C=O) groups excluding carboxylic acids is 1. The quantitative estimate of drug-likeness (QED) is 0.410. The van der Waals surface area contributed by atoms with Crippen LogP contribution in [0.1, 0.15) is 97.3 Å². The summed E-state index contributed by atoms with van der Waals surface area (Å²) in [5.41, 5.74) is 8.06. The van der Waals surface area contributed by atoms with Gasteiger partial charge < -0.3 is 48.7 Å². The normalized spacial score (nSPS) is 53.2. The Morgan fingerprint density at radius 3 is 2.35 bits per heavy atom. The maximum absolute atomic E-state index is 14.0. The van der Waals surface area contributed by atoms with Crippen molar-refractivity contribution in [3.05, 3.63) is 24.3 Å². The van der Waals surface area contributed by atoms with E-state index in [4.69, 9.17) is 43.6 Å². The fourth-order valence-electron chi connectivity index (χ4n) is 11.3. The Bertz CT molecular complexity index is 1360. The van der Waals surface area contributed by atoms with Crippen LogP contribution in [0.15, 0.2) is 24.3 Å². The van der Waals surface area contributed by atoms with Gasteiger partial charge >= 0.3 is 0 Å². The Balaban J connectivity index is 0.986. The van der Waals surface area contributed by atoms with Crippen molar-refractivity contribution in [1.29, 1.82) is 0 Å². The van der Waals surface area contributed by atoms with Crippen LogP contribution in [0, 0.1) is 17.8 Å². The monoisotopic (exact) mass is 713 g/mol. The first kappa shape index (κ1) is 35.5. The van der Waals surface area contributed by atoms with Crippen molar-refractivity contribution in [3.8, 4) is 0 Å². The van der Waals surface area contributed by atoms with E-state index >= 15 is 0 Å². The minimum Gasteiger partial charge on any atom is -0.392 e. The van der Waals surface area contributed by atoms with Gasteiger partial charge in [0.15, 0.2) is 5.79 Å². The molecule has 0 aliphatic carbocycles. The molecule has 284 valence electrons. The molecule has 10 aliphatic heterocycles. The van der Waals surface area contributed by atoms with Gasteiger partial charge in [0.2, 0.25) is 0 Å². The predicted octanol–water partition coefficient (Wildman–Crippen LogP) is 4.06. The van der Waals surface area contributed by atoms with Crippen LogP contribution in [0.25, 0.3) is 0 Å². The maximum Gasteiger partial charge on any atom is 0.172 e. The third-order valence-corrected chi connectivity index (χ3v) is 14.2. The molecule has 11 heteroatoms. The molecular formula is C40H59NO10. The summed E-state index contributed by atoms with van der Waals surface area (Å²) in [6.45, 7) is 13.5. The molecule has 0 aromatic rings. The van der Waals surface area contributed by atoms with E-state index < -0.39 is 11.9 Å². The lowest BCUT2D eigenvalue weighted by molar-refractivity contribution is -0.292. The highest BCUT2D eigenvalue weighted by atomic mass is 16.8. The van der Waals surface area contributed by atoms with Gasteiger partial charge in [0.05, 0.1) is 61.0 Å². The molecule has 51 heavy (non-hydrogen) atoms. The largest absolute Gasteiger partial charge is 0.392 e. The second kappa shape index (κ2) is 13.8. The zero-order valence-corrected chi connectivity index (χ0v) is 30.4. The number of Topliss-reactive ketones (excluding diaryl/α,β-unsaturated/α-hetero) is 1. The van der Waals surface area contributed by atoms with Gasteiger partial charge in [-0.15, -0.1) is 0 Å². The van der Waals surface area contributed by atoms with E-state index in [9.17, 15) is 9.90 Å². The number of nitrogens with two attached hydrogens (primary N) is 1. The zero-order chi connectivity index (χ0) is 35.2. The molecule has 10 fully saturated rings. The van der Waals surface area contributed by atoms with Crippen molar-refractivity contribution in [2.24, 2.45) is 23.5 Å². The summed E-state index contributed by atoms with van der Waals surface area (Å²) >= 11 is 0. The molecule has 1 spiro atoms. The van der Waals surface area contributed by atoms with Gasteiger partial charge in [0.1, 0.15) is 36.3 Å². The summed E-state index contributed by atoms with van der Waals surface area (Å²) in [7, 11) is 0. The standard InChI is InChI=1S/C40H59NO10/c1-19-11-25-5-7-29-20(2)12-27(44-29)9-10-40-17-34-36(50-40)37-38(49-34)39(51-40)35-30(48-37)8-6-26(46-35)13-23(42)14-28-22(4)31(15-24(43)18-41)47-33(28)16-32(45-25)21(19)3/h19,22,24-39,43H,2-3,5-18,41H2,1,4H3/t19-,22-,24+,25+,26?,27+,28-,29+,30+,31-,32-,33?,34-,35+,36+,37+,38-,39+,40+/m1/s1. The highest BCUT2D eigenvalue weighted by Crippen LogP contribution is 2.54. The number of hydrogen-bond acceptors (Lipinski definition) is 11. The topological polar surface area (TPSA) is 137 Å². The average Bonchev–Trinajstić information content (AvgIpc) is 3.77. The van der Waals surface area contributed by atoms with Gasteiger partial charge in [-0.2, -0.15) is 0 Å². The average molecular weight is 714 g/mol. The van der Waals surface area contributed by atoms with Crippen LogP contribution < -0.4 is 5.73 Å². The molecule has 10 saturated heterocycles. The number of rotatable bonds is 3. The summed E-state index contributed by atoms with van der Waals surface area (Å²) < 4.78 is 54.0. The van der Waals surface area contributed by atoms with E-state index in [-0.39, 0.29) is 110 Å². The van der Waals surface area contributed by atoms with Gasteiger partial charge in [0, 0.05) is 45.1 Å². The number of carbonyl (C=O) groups is 1. The Morgan fingerprint density at radius 2 is 1.51 bits per heavy atom. The molecule has 0 amide bonds. The molecule has 0 radical (unpaired) electrons. The van der Waals surface area contributed by atoms with E-state index in [1.165, 1.54) is 0 Å². The summed E-state index contributed by atoms with van der Waals surface area (Å²) in [4.78, 5) is 14.0. The van der Waals surface area contributed by atoms with E-state index in [1.54, 1.807) is 0 Å². The summed E-state index contributed by atoms with van der Waals surface area (Å²) in [6, 6.07) is 0. The zero-order valence-electron chi connectivity index (χ0n) is 30.4. The molecule has 11 nitrogen and oxygen atoms in total. The number of fused-ring (bicyclic) bond motifs is 6. The molecule has 12 bridgehead atoms. The Hall–Kier alpha value is -1.25. The SMILES string of the molecule is C=C1C[C@@H]2CC[C@@]34C[C@H]5O[C@H]6[C@@H](O3)[C@H]3OC(CC[C@@H]3O[C@H]6[C@H]5O4)CC(=O)C[C@H]3C(C[C@H]4O[C@@H](CC[C@@H]1O2)C[C@@H](C)C4=C)O[C@H](C[C@H](O)CN)[C@@H]3C. The highest BCUT2D eigenvalue weighted by Gasteiger charge is 2.68. The Morgan fingerprint density at radius 1 is 0.765 bits per heavy atom. The first-order valence-corrected chi connectivity index (χ1v) is 20.1. The molecular weight excluding hydrogens is 654 g/mol. The lowest BCUT2D eigenvalue weighted by Crippen LogP contribution is -2.61. The molecule has 0 aromatic carbocycles. The fraction of sp³-hybridized carbons (Fsp3) is 0.875. The van der Waals surface area contributed by atoms with E-state index in [2.05, 4.69) is 27.0 Å². The minimum atomic E-state index is -0.765. The molecule has 3 N–H and O–H groups in total. The van der Waals surface area contributed by atoms with Crippen molar-refractivity contribution < 1.29 is 47.8 Å². The number of aliphatic hydroxyl groups is 1. The van der Waals surface area contributed by atoms with Crippen molar-refractivity contribution in [2.45, 2.75) is 195 Å². The Kier molecular flexibility index (Phi) is 9.59. The van der Waals surface area contributed by atoms with Crippen molar-refractivity contribution >= 4 is 5.78 Å². The molecule has 10 aliphatic rings. The molecule has 0 saturated carbocycles. The van der Waals surface area contributed by atoms with Crippen molar-refractivity contribution in [3.63, 3.8) is 0 Å². The van der Waals surface area contributed by atoms with Crippen LogP contribution in [-0.2, 0) is 42.7 Å². The fourth-order valence-corrected chi connectivity index (χ4v) is 11.3. The third-order valence-electron chi connectivity index (χ3n) is 14.2. The lowest BCUT2D eigenvalue weighted by Gasteiger charge is -2.47. The third kappa shape index (κ3) is 6.53. The molecule has 19 atom stereocenters. The van der Waals surface area contributed by atoms with Crippen LogP contribution in [-0.4, -0.2) is 115 Å². The Labute approximate surface area is 302 Å². The van der Waals surface area contributed by atoms with Gasteiger partial charge in [-0.1, -0.05) is 27.0 Å². The lowest BCUT2D eigenvalue weighted by atomic mass is 9.78. The highest BCUT2D eigenvalue weighted by molar-refractivity contribution is 5.79. The number of ketones is 1. The smallest absolute Gasteiger partial charge is 0.172 e. The first-order chi connectivity index (χ1) is 24.6. The summed E-state index contributed by atoms with van der Waals surface area (Å²) in [6.07, 6.45) is 6.43. The summed E-state index contributed by atoms with van der Waals surface area (Å²) in [5.74, 6) is -0.222. The van der Waals surface area contributed by atoms with Crippen LogP contribution in [0.2, 0.25) is 0 Å². The van der Waals surface area contributed by atoms with E-state index in [0.717, 1.165) is 56.1 Å². The maximum atomic E-state index is 14.0. The van der Waals surface area contributed by atoms with Crippen molar-refractivity contribution in [1.82, 2.24) is 0 Å². The number of aliphatic hydroxyl groups excluding tert-OH is 1. The predicted molar refractivity (Wildman–Crippen MR) is 185 cm³/mol. The van der Waals surface area contributed by atoms with E-state index in [1.807, 2.05) is 0 Å². The van der Waals surface area contributed by atoms with Gasteiger partial charge in [-0.05, 0) is 73.8 Å². The first-order valence-electron chi connectivity index (χ1n) is 20.1. The molecule has 10 rings (SSSR count). The number of hydrogen-bond donors (Lipinski definition) is 2. The number of ether oxygens (including phenoxy) is 8. The molecule has 0 aromatic heterocycles. The second-order valence-electron chi connectivity index (χ2n) is 17.6. The summed E-state index contributed by atoms with van der Waals surface area (Å²) in [5, 5.41) is 10.5. The molecule has 2 unspecified atom stereocenters.